The molecule has 6 heteroatoms. The number of hydrogen-bond acceptors (Lipinski definition) is 3. The Hall–Kier alpha value is -1.82. The lowest BCUT2D eigenvalue weighted by Gasteiger charge is -2.13. The Labute approximate surface area is 125 Å². The molecule has 2 aromatic rings. The first-order valence-corrected chi connectivity index (χ1v) is 7.15. The Morgan fingerprint density at radius 1 is 1.33 bits per heavy atom. The second-order valence-corrected chi connectivity index (χ2v) is 6.68. The second-order valence-electron chi connectivity index (χ2n) is 5.68. The first-order chi connectivity index (χ1) is 9.70. The van der Waals surface area contributed by atoms with Gasteiger partial charge in [-0.25, -0.2) is 18.6 Å². The van der Waals surface area contributed by atoms with E-state index < -0.39 is 12.4 Å². The Kier molecular flexibility index (Phi) is 4.09. The number of carboxylic acid groups (broad SMARTS) is 1. The topological polar surface area (TPSA) is 50.2 Å². The van der Waals surface area contributed by atoms with Crippen molar-refractivity contribution in [1.82, 2.24) is 4.98 Å². The summed E-state index contributed by atoms with van der Waals surface area (Å²) in [5, 5.41) is 9.94. The molecule has 0 saturated carbocycles. The van der Waals surface area contributed by atoms with Gasteiger partial charge in [-0.1, -0.05) is 39.0 Å². The third-order valence-corrected chi connectivity index (χ3v) is 4.40. The predicted octanol–water partition coefficient (Wildman–Crippen LogP) is 4.74. The number of hydrogen-bond donors (Lipinski definition) is 1. The summed E-state index contributed by atoms with van der Waals surface area (Å²) in [6, 6.07) is 5.76. The van der Waals surface area contributed by atoms with Crippen LogP contribution in [0.2, 0.25) is 0 Å². The number of carbonyl (C=O) groups is 1. The zero-order valence-electron chi connectivity index (χ0n) is 11.9. The average Bonchev–Trinajstić information content (AvgIpc) is 2.84. The molecule has 2 rings (SSSR count). The van der Waals surface area contributed by atoms with Crippen LogP contribution >= 0.6 is 11.3 Å². The van der Waals surface area contributed by atoms with E-state index in [1.54, 1.807) is 6.07 Å². The highest BCUT2D eigenvalue weighted by molar-refractivity contribution is 7.15. The van der Waals surface area contributed by atoms with Gasteiger partial charge in [0.25, 0.3) is 6.43 Å². The molecule has 0 aliphatic rings. The van der Waals surface area contributed by atoms with Gasteiger partial charge in [0.15, 0.2) is 5.69 Å². The molecular weight excluding hydrogens is 296 g/mol. The number of carboxylic acids is 1. The zero-order chi connectivity index (χ0) is 15.8. The molecule has 0 saturated heterocycles. The van der Waals surface area contributed by atoms with Gasteiger partial charge >= 0.3 is 5.97 Å². The normalized spacial score (nSPS) is 11.9. The van der Waals surface area contributed by atoms with Crippen LogP contribution in [-0.4, -0.2) is 16.1 Å². The number of rotatable bonds is 3. The van der Waals surface area contributed by atoms with Crippen molar-refractivity contribution < 1.29 is 18.7 Å². The fraction of sp³-hybridized carbons (Fsp3) is 0.333. The summed E-state index contributed by atoms with van der Waals surface area (Å²) in [6.07, 6.45) is -2.59. The quantitative estimate of drug-likeness (QED) is 0.890. The van der Waals surface area contributed by atoms with E-state index in [2.05, 4.69) is 4.98 Å². The number of nitrogens with zero attached hydrogens (tertiary/aromatic N) is 1. The minimum absolute atomic E-state index is 0.0867. The van der Waals surface area contributed by atoms with E-state index in [9.17, 15) is 18.7 Å². The van der Waals surface area contributed by atoms with Crippen molar-refractivity contribution >= 4 is 17.3 Å². The zero-order valence-corrected chi connectivity index (χ0v) is 12.7. The van der Waals surface area contributed by atoms with Crippen molar-refractivity contribution in [2.24, 2.45) is 0 Å². The Balaban J connectivity index is 2.60. The van der Waals surface area contributed by atoms with Crippen LogP contribution in [0.25, 0.3) is 10.4 Å². The monoisotopic (exact) mass is 311 g/mol. The van der Waals surface area contributed by atoms with Crippen LogP contribution in [0.4, 0.5) is 8.78 Å². The van der Waals surface area contributed by atoms with Gasteiger partial charge in [0.1, 0.15) is 0 Å². The summed E-state index contributed by atoms with van der Waals surface area (Å²) in [4.78, 5) is 15.9. The number of benzene rings is 1. The van der Waals surface area contributed by atoms with Crippen LogP contribution in [0.5, 0.6) is 0 Å². The average molecular weight is 311 g/mol. The molecule has 0 amide bonds. The highest BCUT2D eigenvalue weighted by Gasteiger charge is 2.25. The van der Waals surface area contributed by atoms with Crippen molar-refractivity contribution in [3.05, 3.63) is 40.5 Å². The van der Waals surface area contributed by atoms with E-state index in [-0.39, 0.29) is 16.7 Å². The number of alkyl halides is 2. The molecule has 1 N–H and O–H groups in total. The van der Waals surface area contributed by atoms with Gasteiger partial charge in [0.05, 0.1) is 9.88 Å². The number of thiazole rings is 1. The lowest BCUT2D eigenvalue weighted by molar-refractivity contribution is 0.0692. The van der Waals surface area contributed by atoms with Gasteiger partial charge in [-0.05, 0) is 11.6 Å². The Morgan fingerprint density at radius 2 is 2.00 bits per heavy atom. The summed E-state index contributed by atoms with van der Waals surface area (Å²) in [5.74, 6) is -1.15. The molecule has 1 aromatic heterocycles. The van der Waals surface area contributed by atoms with E-state index in [0.717, 1.165) is 0 Å². The van der Waals surface area contributed by atoms with Crippen molar-refractivity contribution in [3.8, 4) is 10.4 Å². The third-order valence-electron chi connectivity index (χ3n) is 2.87. The number of halogens is 2. The molecule has 0 spiro atoms. The van der Waals surface area contributed by atoms with Crippen molar-refractivity contribution in [1.29, 1.82) is 0 Å². The van der Waals surface area contributed by atoms with E-state index in [4.69, 9.17) is 0 Å². The van der Waals surface area contributed by atoms with E-state index in [1.807, 2.05) is 20.8 Å². The van der Waals surface area contributed by atoms with Crippen LogP contribution in [0.1, 0.15) is 48.3 Å². The second kappa shape index (κ2) is 5.52. The van der Waals surface area contributed by atoms with E-state index >= 15 is 0 Å². The molecule has 112 valence electrons. The molecule has 0 fully saturated rings. The summed E-state index contributed by atoms with van der Waals surface area (Å²) in [5.41, 5.74) is -0.0583. The fourth-order valence-corrected chi connectivity index (χ4v) is 2.91. The molecule has 1 aromatic carbocycles. The highest BCUT2D eigenvalue weighted by atomic mass is 32.1. The van der Waals surface area contributed by atoms with Gasteiger partial charge in [-0.3, -0.25) is 0 Å². The van der Waals surface area contributed by atoms with E-state index in [0.29, 0.717) is 15.4 Å². The largest absolute Gasteiger partial charge is 0.476 e. The van der Waals surface area contributed by atoms with Gasteiger partial charge in [0.2, 0.25) is 0 Å². The number of aromatic carboxylic acids is 1. The summed E-state index contributed by atoms with van der Waals surface area (Å²) >= 11 is 1.23. The molecule has 0 bridgehead atoms. The molecule has 0 radical (unpaired) electrons. The van der Waals surface area contributed by atoms with Crippen LogP contribution < -0.4 is 0 Å². The van der Waals surface area contributed by atoms with Crippen LogP contribution in [-0.2, 0) is 5.41 Å². The molecule has 0 unspecified atom stereocenters. The minimum Gasteiger partial charge on any atom is -0.476 e. The lowest BCUT2D eigenvalue weighted by atomic mass is 9.98. The standard InChI is InChI=1S/C15H15F2NO2S/c1-15(2,3)14-18-10(13(19)20)11(21-14)8-5-4-6-9(7-8)12(16)17/h4-7,12H,1-3H3,(H,19,20). The van der Waals surface area contributed by atoms with Gasteiger partial charge < -0.3 is 5.11 Å². The molecular formula is C15H15F2NO2S. The van der Waals surface area contributed by atoms with Crippen molar-refractivity contribution in [3.63, 3.8) is 0 Å². The highest BCUT2D eigenvalue weighted by Crippen LogP contribution is 2.37. The fourth-order valence-electron chi connectivity index (χ4n) is 1.80. The first-order valence-electron chi connectivity index (χ1n) is 6.33. The molecule has 21 heavy (non-hydrogen) atoms. The van der Waals surface area contributed by atoms with Gasteiger partial charge in [-0.2, -0.15) is 0 Å². The van der Waals surface area contributed by atoms with Crippen molar-refractivity contribution in [2.45, 2.75) is 32.6 Å². The van der Waals surface area contributed by atoms with Crippen LogP contribution in [0, 0.1) is 0 Å². The van der Waals surface area contributed by atoms with Crippen LogP contribution in [0.15, 0.2) is 24.3 Å². The molecule has 0 atom stereocenters. The smallest absolute Gasteiger partial charge is 0.356 e. The van der Waals surface area contributed by atoms with Crippen molar-refractivity contribution in [2.75, 3.05) is 0 Å². The molecule has 0 aliphatic heterocycles. The van der Waals surface area contributed by atoms with Crippen LogP contribution in [0.3, 0.4) is 0 Å². The van der Waals surface area contributed by atoms with Gasteiger partial charge in [0, 0.05) is 11.0 Å². The third kappa shape index (κ3) is 3.26. The lowest BCUT2D eigenvalue weighted by Crippen LogP contribution is -2.11. The molecule has 0 aliphatic carbocycles. The summed E-state index contributed by atoms with van der Waals surface area (Å²) < 4.78 is 25.6. The Morgan fingerprint density at radius 3 is 2.52 bits per heavy atom. The maximum absolute atomic E-state index is 12.8. The predicted molar refractivity (Wildman–Crippen MR) is 78.2 cm³/mol. The molecule has 1 heterocycles. The summed E-state index contributed by atoms with van der Waals surface area (Å²) in [6.45, 7) is 5.78. The maximum Gasteiger partial charge on any atom is 0.356 e. The molecule has 3 nitrogen and oxygen atoms in total. The Bertz CT molecular complexity index is 675. The summed E-state index contributed by atoms with van der Waals surface area (Å²) in [7, 11) is 0. The number of aromatic nitrogens is 1. The maximum atomic E-state index is 12.8. The first kappa shape index (κ1) is 15.6. The minimum atomic E-state index is -2.59. The van der Waals surface area contributed by atoms with Gasteiger partial charge in [-0.15, -0.1) is 11.3 Å². The SMILES string of the molecule is CC(C)(C)c1nc(C(=O)O)c(-c2cccc(C(F)F)c2)s1. The van der Waals surface area contributed by atoms with E-state index in [1.165, 1.54) is 29.5 Å².